The minimum atomic E-state index is -0.451. The Bertz CT molecular complexity index is 418. The standard InChI is InChI=1S/C14H18FNO2/c1-16(12-4-2-3-5-13(12)17)14(18)10-6-8-11(15)9-7-10/h6-9,12-13,17H,2-5H2,1H3/t12-,13-/m1/s1. The van der Waals surface area contributed by atoms with E-state index < -0.39 is 6.10 Å². The van der Waals surface area contributed by atoms with Gasteiger partial charge >= 0.3 is 0 Å². The zero-order valence-corrected chi connectivity index (χ0v) is 10.5. The monoisotopic (exact) mass is 251 g/mol. The molecule has 0 heterocycles. The number of aliphatic hydroxyl groups excluding tert-OH is 1. The van der Waals surface area contributed by atoms with Crippen LogP contribution in [0.15, 0.2) is 24.3 Å². The summed E-state index contributed by atoms with van der Waals surface area (Å²) in [6.07, 6.45) is 3.16. The molecule has 3 nitrogen and oxygen atoms in total. The Morgan fingerprint density at radius 2 is 1.89 bits per heavy atom. The second-order valence-corrected chi connectivity index (χ2v) is 4.84. The molecule has 1 saturated carbocycles. The van der Waals surface area contributed by atoms with Crippen LogP contribution in [0.4, 0.5) is 4.39 Å². The molecule has 0 radical (unpaired) electrons. The second-order valence-electron chi connectivity index (χ2n) is 4.84. The highest BCUT2D eigenvalue weighted by Crippen LogP contribution is 2.23. The summed E-state index contributed by atoms with van der Waals surface area (Å²) in [5.74, 6) is -0.521. The third-order valence-electron chi connectivity index (χ3n) is 3.60. The smallest absolute Gasteiger partial charge is 0.253 e. The van der Waals surface area contributed by atoms with Gasteiger partial charge in [0.2, 0.25) is 0 Å². The van der Waals surface area contributed by atoms with E-state index in [4.69, 9.17) is 0 Å². The average Bonchev–Trinajstić information content (AvgIpc) is 2.38. The van der Waals surface area contributed by atoms with Crippen molar-refractivity contribution >= 4 is 5.91 Å². The maximum Gasteiger partial charge on any atom is 0.253 e. The first-order chi connectivity index (χ1) is 8.59. The fraction of sp³-hybridized carbons (Fsp3) is 0.500. The van der Waals surface area contributed by atoms with Gasteiger partial charge in [-0.2, -0.15) is 0 Å². The summed E-state index contributed by atoms with van der Waals surface area (Å²) in [7, 11) is 1.70. The predicted molar refractivity (Wildman–Crippen MR) is 66.8 cm³/mol. The maximum absolute atomic E-state index is 12.8. The van der Waals surface area contributed by atoms with Crippen molar-refractivity contribution in [1.29, 1.82) is 0 Å². The molecule has 1 aliphatic carbocycles. The number of hydrogen-bond donors (Lipinski definition) is 1. The molecule has 0 aromatic heterocycles. The molecule has 1 aliphatic rings. The van der Waals surface area contributed by atoms with Crippen LogP contribution < -0.4 is 0 Å². The lowest BCUT2D eigenvalue weighted by atomic mass is 9.91. The van der Waals surface area contributed by atoms with Gasteiger partial charge in [-0.3, -0.25) is 4.79 Å². The third-order valence-corrected chi connectivity index (χ3v) is 3.60. The molecule has 1 aromatic rings. The van der Waals surface area contributed by atoms with Gasteiger partial charge < -0.3 is 10.0 Å². The van der Waals surface area contributed by atoms with Gasteiger partial charge in [0.05, 0.1) is 12.1 Å². The normalized spacial score (nSPS) is 23.7. The fourth-order valence-electron chi connectivity index (χ4n) is 2.49. The topological polar surface area (TPSA) is 40.5 Å². The summed E-state index contributed by atoms with van der Waals surface area (Å²) in [4.78, 5) is 13.8. The highest BCUT2D eigenvalue weighted by Gasteiger charge is 2.29. The molecular weight excluding hydrogens is 233 g/mol. The number of benzene rings is 1. The summed E-state index contributed by atoms with van der Waals surface area (Å²) < 4.78 is 12.8. The first-order valence-corrected chi connectivity index (χ1v) is 6.30. The van der Waals surface area contributed by atoms with Crippen molar-refractivity contribution in [2.24, 2.45) is 0 Å². The summed E-state index contributed by atoms with van der Waals surface area (Å²) in [6, 6.07) is 5.38. The lowest BCUT2D eigenvalue weighted by molar-refractivity contribution is 0.0268. The molecule has 1 amide bonds. The number of aliphatic hydroxyl groups is 1. The minimum Gasteiger partial charge on any atom is -0.391 e. The van der Waals surface area contributed by atoms with Crippen LogP contribution in [0.25, 0.3) is 0 Å². The molecule has 18 heavy (non-hydrogen) atoms. The van der Waals surface area contributed by atoms with Crippen LogP contribution in [-0.2, 0) is 0 Å². The van der Waals surface area contributed by atoms with Crippen molar-refractivity contribution in [1.82, 2.24) is 4.90 Å². The van der Waals surface area contributed by atoms with Crippen LogP contribution in [0, 0.1) is 5.82 Å². The predicted octanol–water partition coefficient (Wildman–Crippen LogP) is 2.20. The van der Waals surface area contributed by atoms with Gasteiger partial charge in [0.15, 0.2) is 0 Å². The number of nitrogens with zero attached hydrogens (tertiary/aromatic N) is 1. The van der Waals surface area contributed by atoms with Gasteiger partial charge in [0.1, 0.15) is 5.82 Å². The van der Waals surface area contributed by atoms with Crippen LogP contribution in [0.5, 0.6) is 0 Å². The Labute approximate surface area is 106 Å². The van der Waals surface area contributed by atoms with E-state index in [2.05, 4.69) is 0 Å². The van der Waals surface area contributed by atoms with Gasteiger partial charge in [0, 0.05) is 12.6 Å². The highest BCUT2D eigenvalue weighted by atomic mass is 19.1. The Morgan fingerprint density at radius 1 is 1.28 bits per heavy atom. The van der Waals surface area contributed by atoms with Crippen LogP contribution in [-0.4, -0.2) is 35.1 Å². The number of likely N-dealkylation sites (N-methyl/N-ethyl adjacent to an activating group) is 1. The summed E-state index contributed by atoms with van der Waals surface area (Å²) in [6.45, 7) is 0. The SMILES string of the molecule is CN(C(=O)c1ccc(F)cc1)[C@@H]1CCCC[C@H]1O. The minimum absolute atomic E-state index is 0.128. The maximum atomic E-state index is 12.8. The van der Waals surface area contributed by atoms with E-state index in [0.717, 1.165) is 25.7 Å². The lowest BCUT2D eigenvalue weighted by Gasteiger charge is -2.35. The van der Waals surface area contributed by atoms with E-state index in [0.29, 0.717) is 5.56 Å². The number of carbonyl (C=O) groups excluding carboxylic acids is 1. The second kappa shape index (κ2) is 5.48. The Hall–Kier alpha value is -1.42. The van der Waals surface area contributed by atoms with Crippen molar-refractivity contribution in [3.8, 4) is 0 Å². The van der Waals surface area contributed by atoms with Crippen LogP contribution in [0.2, 0.25) is 0 Å². The molecule has 0 unspecified atom stereocenters. The van der Waals surface area contributed by atoms with Crippen LogP contribution in [0.3, 0.4) is 0 Å². The van der Waals surface area contributed by atoms with Gasteiger partial charge in [-0.25, -0.2) is 4.39 Å². The Kier molecular flexibility index (Phi) is 3.97. The zero-order valence-electron chi connectivity index (χ0n) is 10.5. The lowest BCUT2D eigenvalue weighted by Crippen LogP contribution is -2.46. The molecule has 1 aromatic carbocycles. The first kappa shape index (κ1) is 13.0. The summed E-state index contributed by atoms with van der Waals surface area (Å²) in [5.41, 5.74) is 0.455. The molecular formula is C14H18FNO2. The van der Waals surface area contributed by atoms with E-state index in [-0.39, 0.29) is 17.8 Å². The largest absolute Gasteiger partial charge is 0.391 e. The van der Waals surface area contributed by atoms with Crippen molar-refractivity contribution < 1.29 is 14.3 Å². The highest BCUT2D eigenvalue weighted by molar-refractivity contribution is 5.94. The first-order valence-electron chi connectivity index (χ1n) is 6.30. The quantitative estimate of drug-likeness (QED) is 0.875. The summed E-state index contributed by atoms with van der Waals surface area (Å²) in [5, 5.41) is 9.93. The molecule has 0 saturated heterocycles. The molecule has 4 heteroatoms. The van der Waals surface area contributed by atoms with Crippen LogP contribution >= 0.6 is 0 Å². The molecule has 2 rings (SSSR count). The van der Waals surface area contributed by atoms with Crippen molar-refractivity contribution in [2.75, 3.05) is 7.05 Å². The zero-order chi connectivity index (χ0) is 13.1. The number of carbonyl (C=O) groups is 1. The number of hydrogen-bond acceptors (Lipinski definition) is 2. The number of halogens is 1. The van der Waals surface area contributed by atoms with E-state index >= 15 is 0 Å². The van der Waals surface area contributed by atoms with E-state index in [9.17, 15) is 14.3 Å². The van der Waals surface area contributed by atoms with E-state index in [1.54, 1.807) is 11.9 Å². The molecule has 1 N–H and O–H groups in total. The molecule has 98 valence electrons. The van der Waals surface area contributed by atoms with Crippen LogP contribution in [0.1, 0.15) is 36.0 Å². The van der Waals surface area contributed by atoms with Crippen molar-refractivity contribution in [3.05, 3.63) is 35.6 Å². The van der Waals surface area contributed by atoms with Crippen molar-refractivity contribution in [3.63, 3.8) is 0 Å². The van der Waals surface area contributed by atoms with E-state index in [1.807, 2.05) is 0 Å². The molecule has 2 atom stereocenters. The number of amides is 1. The molecule has 1 fully saturated rings. The summed E-state index contributed by atoms with van der Waals surface area (Å²) >= 11 is 0. The van der Waals surface area contributed by atoms with E-state index in [1.165, 1.54) is 24.3 Å². The third kappa shape index (κ3) is 2.70. The Balaban J connectivity index is 2.10. The van der Waals surface area contributed by atoms with Gasteiger partial charge in [-0.1, -0.05) is 12.8 Å². The average molecular weight is 251 g/mol. The van der Waals surface area contributed by atoms with Crippen molar-refractivity contribution in [2.45, 2.75) is 37.8 Å². The van der Waals surface area contributed by atoms with Gasteiger partial charge in [0.25, 0.3) is 5.91 Å². The Morgan fingerprint density at radius 3 is 2.50 bits per heavy atom. The van der Waals surface area contributed by atoms with Gasteiger partial charge in [-0.15, -0.1) is 0 Å². The van der Waals surface area contributed by atoms with Gasteiger partial charge in [-0.05, 0) is 37.1 Å². The molecule has 0 aliphatic heterocycles. The molecule has 0 bridgehead atoms. The number of rotatable bonds is 2. The molecule has 0 spiro atoms. The fourth-order valence-corrected chi connectivity index (χ4v) is 2.49.